The van der Waals surface area contributed by atoms with Crippen LogP contribution < -0.4 is 5.73 Å². The van der Waals surface area contributed by atoms with Gasteiger partial charge in [-0.3, -0.25) is 4.79 Å². The van der Waals surface area contributed by atoms with E-state index in [1.54, 1.807) is 7.11 Å². The number of nitrogens with two attached hydrogens (primary N) is 1. The number of likely N-dealkylation sites (tertiary alicyclic amines) is 1. The number of methoxy groups -OCH3 is 1. The van der Waals surface area contributed by atoms with Crippen LogP contribution in [-0.4, -0.2) is 56.9 Å². The van der Waals surface area contributed by atoms with E-state index in [1.165, 1.54) is 6.42 Å². The second kappa shape index (κ2) is 5.80. The lowest BCUT2D eigenvalue weighted by Crippen LogP contribution is -2.35. The summed E-state index contributed by atoms with van der Waals surface area (Å²) in [6.07, 6.45) is 2.28. The van der Waals surface area contributed by atoms with Crippen LogP contribution in [0, 0.1) is 11.8 Å². The molecule has 2 fully saturated rings. The predicted molar refractivity (Wildman–Crippen MR) is 63.5 cm³/mol. The summed E-state index contributed by atoms with van der Waals surface area (Å²) >= 11 is 0. The average Bonchev–Trinajstić information content (AvgIpc) is 2.87. The maximum atomic E-state index is 11.9. The fraction of sp³-hybridized carbons (Fsp3) is 0.917. The average molecular weight is 242 g/mol. The highest BCUT2D eigenvalue weighted by Gasteiger charge is 2.42. The quantitative estimate of drug-likeness (QED) is 0.681. The second-order valence-corrected chi connectivity index (χ2v) is 5.01. The summed E-state index contributed by atoms with van der Waals surface area (Å²) in [6, 6.07) is 0.284. The smallest absolute Gasteiger partial charge is 0.248 e. The third-order valence-corrected chi connectivity index (χ3v) is 3.92. The van der Waals surface area contributed by atoms with Crippen LogP contribution >= 0.6 is 0 Å². The van der Waals surface area contributed by atoms with Crippen molar-refractivity contribution in [2.24, 2.45) is 17.6 Å². The number of carbonyl (C=O) groups excluding carboxylic acids is 1. The Labute approximate surface area is 102 Å². The predicted octanol–water partition coefficient (Wildman–Crippen LogP) is -0.155. The normalized spacial score (nSPS) is 31.9. The van der Waals surface area contributed by atoms with Crippen LogP contribution in [0.1, 0.15) is 12.8 Å². The molecule has 1 aliphatic heterocycles. The maximum absolute atomic E-state index is 11.9. The Balaban J connectivity index is 1.71. The highest BCUT2D eigenvalue weighted by molar-refractivity contribution is 5.77. The lowest BCUT2D eigenvalue weighted by atomic mass is 9.98. The minimum absolute atomic E-state index is 0.0858. The molecular formula is C12H22N2O3. The van der Waals surface area contributed by atoms with Gasteiger partial charge in [0.15, 0.2) is 0 Å². The van der Waals surface area contributed by atoms with Gasteiger partial charge in [0.05, 0.1) is 13.2 Å². The summed E-state index contributed by atoms with van der Waals surface area (Å²) in [5, 5.41) is 0. The van der Waals surface area contributed by atoms with E-state index in [9.17, 15) is 4.79 Å². The number of carbonyl (C=O) groups is 1. The summed E-state index contributed by atoms with van der Waals surface area (Å²) in [5.74, 6) is 1.22. The Bertz CT molecular complexity index is 272. The fourth-order valence-electron chi connectivity index (χ4n) is 2.90. The van der Waals surface area contributed by atoms with Crippen molar-refractivity contribution in [3.63, 3.8) is 0 Å². The van der Waals surface area contributed by atoms with E-state index in [2.05, 4.69) is 0 Å². The number of fused-ring (bicyclic) bond motifs is 1. The number of ether oxygens (including phenoxy) is 2. The van der Waals surface area contributed by atoms with E-state index >= 15 is 0 Å². The van der Waals surface area contributed by atoms with Crippen molar-refractivity contribution >= 4 is 5.91 Å². The van der Waals surface area contributed by atoms with Gasteiger partial charge in [0.1, 0.15) is 6.61 Å². The molecule has 5 nitrogen and oxygen atoms in total. The molecule has 3 atom stereocenters. The molecule has 1 saturated heterocycles. The highest BCUT2D eigenvalue weighted by atomic mass is 16.5. The molecule has 5 heteroatoms. The van der Waals surface area contributed by atoms with Gasteiger partial charge in [-0.2, -0.15) is 0 Å². The first-order chi connectivity index (χ1) is 8.22. The number of rotatable bonds is 5. The lowest BCUT2D eigenvalue weighted by molar-refractivity contribution is -0.135. The van der Waals surface area contributed by atoms with E-state index in [4.69, 9.17) is 15.2 Å². The molecule has 98 valence electrons. The van der Waals surface area contributed by atoms with Crippen molar-refractivity contribution in [1.29, 1.82) is 0 Å². The summed E-state index contributed by atoms with van der Waals surface area (Å²) in [7, 11) is 1.62. The zero-order valence-corrected chi connectivity index (χ0v) is 10.4. The van der Waals surface area contributed by atoms with E-state index in [1.807, 2.05) is 4.90 Å². The molecule has 1 saturated carbocycles. The molecule has 2 rings (SSSR count). The monoisotopic (exact) mass is 242 g/mol. The molecule has 3 unspecified atom stereocenters. The lowest BCUT2D eigenvalue weighted by Gasteiger charge is -2.18. The van der Waals surface area contributed by atoms with E-state index < -0.39 is 0 Å². The van der Waals surface area contributed by atoms with Crippen molar-refractivity contribution in [3.05, 3.63) is 0 Å². The van der Waals surface area contributed by atoms with Crippen LogP contribution in [0.25, 0.3) is 0 Å². The third kappa shape index (κ3) is 2.97. The van der Waals surface area contributed by atoms with Crippen molar-refractivity contribution in [3.8, 4) is 0 Å². The Hall–Kier alpha value is -0.650. The van der Waals surface area contributed by atoms with Crippen LogP contribution in [0.3, 0.4) is 0 Å². The van der Waals surface area contributed by atoms with Crippen LogP contribution in [-0.2, 0) is 14.3 Å². The zero-order valence-electron chi connectivity index (χ0n) is 10.4. The highest BCUT2D eigenvalue weighted by Crippen LogP contribution is 2.36. The van der Waals surface area contributed by atoms with E-state index in [0.717, 1.165) is 19.5 Å². The van der Waals surface area contributed by atoms with Crippen molar-refractivity contribution in [2.45, 2.75) is 18.9 Å². The number of amides is 1. The van der Waals surface area contributed by atoms with Crippen molar-refractivity contribution in [1.82, 2.24) is 4.90 Å². The molecule has 0 spiro atoms. The topological polar surface area (TPSA) is 64.8 Å². The van der Waals surface area contributed by atoms with Gasteiger partial charge in [-0.1, -0.05) is 0 Å². The van der Waals surface area contributed by atoms with Crippen LogP contribution in [0.4, 0.5) is 0 Å². The molecule has 0 aromatic rings. The first-order valence-electron chi connectivity index (χ1n) is 6.32. The first kappa shape index (κ1) is 12.8. The standard InChI is InChI=1S/C12H22N2O3/c1-16-4-5-17-8-12(15)14-6-9-2-3-11(13)10(9)7-14/h9-11H,2-8,13H2,1H3. The SMILES string of the molecule is COCCOCC(=O)N1CC2CCC(N)C2C1. The van der Waals surface area contributed by atoms with Gasteiger partial charge < -0.3 is 20.1 Å². The molecule has 1 aliphatic carbocycles. The number of hydrogen-bond donors (Lipinski definition) is 1. The second-order valence-electron chi connectivity index (χ2n) is 5.01. The molecule has 0 aromatic heterocycles. The summed E-state index contributed by atoms with van der Waals surface area (Å²) in [4.78, 5) is 13.8. The molecule has 2 N–H and O–H groups in total. The summed E-state index contributed by atoms with van der Waals surface area (Å²) in [5.41, 5.74) is 6.04. The zero-order chi connectivity index (χ0) is 12.3. The Morgan fingerprint density at radius 1 is 1.35 bits per heavy atom. The van der Waals surface area contributed by atoms with Gasteiger partial charge in [0, 0.05) is 26.2 Å². The van der Waals surface area contributed by atoms with Crippen molar-refractivity contribution in [2.75, 3.05) is 40.0 Å². The van der Waals surface area contributed by atoms with Gasteiger partial charge in [-0.25, -0.2) is 0 Å². The van der Waals surface area contributed by atoms with E-state index in [-0.39, 0.29) is 18.6 Å². The minimum atomic E-state index is 0.0858. The fourth-order valence-corrected chi connectivity index (χ4v) is 2.90. The summed E-state index contributed by atoms with van der Waals surface area (Å²) < 4.78 is 10.1. The van der Waals surface area contributed by atoms with Gasteiger partial charge in [0.2, 0.25) is 5.91 Å². The Kier molecular flexibility index (Phi) is 4.36. The molecule has 1 amide bonds. The van der Waals surface area contributed by atoms with Gasteiger partial charge in [0.25, 0.3) is 0 Å². The van der Waals surface area contributed by atoms with Gasteiger partial charge in [-0.05, 0) is 24.7 Å². The molecular weight excluding hydrogens is 220 g/mol. The first-order valence-corrected chi connectivity index (χ1v) is 6.32. The van der Waals surface area contributed by atoms with Crippen LogP contribution in [0.2, 0.25) is 0 Å². The minimum Gasteiger partial charge on any atom is -0.382 e. The Morgan fingerprint density at radius 2 is 2.18 bits per heavy atom. The molecule has 2 aliphatic rings. The third-order valence-electron chi connectivity index (χ3n) is 3.92. The number of hydrogen-bond acceptors (Lipinski definition) is 4. The van der Waals surface area contributed by atoms with Gasteiger partial charge >= 0.3 is 0 Å². The van der Waals surface area contributed by atoms with Gasteiger partial charge in [-0.15, -0.1) is 0 Å². The Morgan fingerprint density at radius 3 is 2.88 bits per heavy atom. The van der Waals surface area contributed by atoms with Crippen LogP contribution in [0.5, 0.6) is 0 Å². The van der Waals surface area contributed by atoms with E-state index in [0.29, 0.717) is 25.0 Å². The molecule has 17 heavy (non-hydrogen) atoms. The van der Waals surface area contributed by atoms with Crippen LogP contribution in [0.15, 0.2) is 0 Å². The molecule has 0 aromatic carbocycles. The maximum Gasteiger partial charge on any atom is 0.248 e. The summed E-state index contributed by atoms with van der Waals surface area (Å²) in [6.45, 7) is 2.85. The largest absolute Gasteiger partial charge is 0.382 e. The van der Waals surface area contributed by atoms with Crippen molar-refractivity contribution < 1.29 is 14.3 Å². The number of nitrogens with zero attached hydrogens (tertiary/aromatic N) is 1. The molecule has 1 heterocycles. The molecule has 0 bridgehead atoms. The molecule has 0 radical (unpaired) electrons.